The third-order valence-electron chi connectivity index (χ3n) is 2.85. The van der Waals surface area contributed by atoms with E-state index in [2.05, 4.69) is 37.6 Å². The van der Waals surface area contributed by atoms with E-state index in [0.29, 0.717) is 12.4 Å². The number of rotatable bonds is 6. The molecule has 0 amide bonds. The summed E-state index contributed by atoms with van der Waals surface area (Å²) in [4.78, 5) is 16.8. The van der Waals surface area contributed by atoms with E-state index in [0.717, 1.165) is 35.7 Å². The van der Waals surface area contributed by atoms with Gasteiger partial charge in [0.1, 0.15) is 23.8 Å². The summed E-state index contributed by atoms with van der Waals surface area (Å²) in [7, 11) is 0. The van der Waals surface area contributed by atoms with Crippen molar-refractivity contribution in [1.29, 1.82) is 0 Å². The van der Waals surface area contributed by atoms with Crippen molar-refractivity contribution >= 4 is 11.6 Å². The predicted molar refractivity (Wildman–Crippen MR) is 77.9 cm³/mol. The molecule has 2 heterocycles. The molecule has 2 aromatic heterocycles. The number of nitrogens with two attached hydrogens (primary N) is 1. The van der Waals surface area contributed by atoms with E-state index in [1.807, 2.05) is 13.0 Å². The van der Waals surface area contributed by atoms with E-state index in [-0.39, 0.29) is 0 Å². The van der Waals surface area contributed by atoms with Gasteiger partial charge in [0.2, 0.25) is 0 Å². The van der Waals surface area contributed by atoms with Gasteiger partial charge in [0.05, 0.1) is 12.2 Å². The van der Waals surface area contributed by atoms with Crippen molar-refractivity contribution in [2.75, 3.05) is 10.7 Å². The Morgan fingerprint density at radius 3 is 2.70 bits per heavy atom. The van der Waals surface area contributed by atoms with E-state index in [4.69, 9.17) is 5.84 Å². The highest BCUT2D eigenvalue weighted by molar-refractivity contribution is 5.56. The predicted octanol–water partition coefficient (Wildman–Crippen LogP) is 1.43. The molecule has 7 heteroatoms. The number of aryl methyl sites for hydroxylation is 1. The van der Waals surface area contributed by atoms with Gasteiger partial charge in [-0.25, -0.2) is 25.8 Å². The van der Waals surface area contributed by atoms with Crippen molar-refractivity contribution in [3.05, 3.63) is 35.7 Å². The molecule has 2 rings (SSSR count). The smallest absolute Gasteiger partial charge is 0.148 e. The molecule has 20 heavy (non-hydrogen) atoms. The Labute approximate surface area is 118 Å². The van der Waals surface area contributed by atoms with Crippen LogP contribution in [0.4, 0.5) is 11.6 Å². The lowest BCUT2D eigenvalue weighted by molar-refractivity contribution is 0.890. The second kappa shape index (κ2) is 6.76. The molecule has 0 aliphatic carbocycles. The molecule has 0 saturated carbocycles. The Bertz CT molecular complexity index is 570. The highest BCUT2D eigenvalue weighted by atomic mass is 15.3. The number of hydrogen-bond acceptors (Lipinski definition) is 7. The molecule has 0 aliphatic rings. The zero-order chi connectivity index (χ0) is 14.4. The van der Waals surface area contributed by atoms with Gasteiger partial charge in [0.25, 0.3) is 0 Å². The normalized spacial score (nSPS) is 10.3. The fourth-order valence-corrected chi connectivity index (χ4v) is 1.95. The van der Waals surface area contributed by atoms with E-state index >= 15 is 0 Å². The number of nitrogens with zero attached hydrogens (tertiary/aromatic N) is 4. The Kier molecular flexibility index (Phi) is 4.78. The maximum Gasteiger partial charge on any atom is 0.148 e. The van der Waals surface area contributed by atoms with Gasteiger partial charge < -0.3 is 10.7 Å². The first-order valence-corrected chi connectivity index (χ1v) is 6.57. The number of hydrogen-bond donors (Lipinski definition) is 3. The fourth-order valence-electron chi connectivity index (χ4n) is 1.95. The van der Waals surface area contributed by atoms with Crippen LogP contribution in [-0.2, 0) is 13.0 Å². The number of nitrogen functional groups attached to an aromatic ring is 1. The Morgan fingerprint density at radius 2 is 2.00 bits per heavy atom. The van der Waals surface area contributed by atoms with Crippen LogP contribution in [0.25, 0.3) is 0 Å². The second-order valence-electron chi connectivity index (χ2n) is 4.39. The third kappa shape index (κ3) is 3.39. The third-order valence-corrected chi connectivity index (χ3v) is 2.85. The Balaban J connectivity index is 2.16. The molecular formula is C13H19N7. The molecule has 0 bridgehead atoms. The number of nitrogens with one attached hydrogen (secondary N) is 2. The summed E-state index contributed by atoms with van der Waals surface area (Å²) in [6.45, 7) is 4.55. The van der Waals surface area contributed by atoms with E-state index in [1.54, 1.807) is 6.20 Å². The molecule has 4 N–H and O–H groups in total. The summed E-state index contributed by atoms with van der Waals surface area (Å²) in [5, 5.41) is 3.28. The Morgan fingerprint density at radius 1 is 1.20 bits per heavy atom. The molecule has 106 valence electrons. The number of aromatic nitrogens is 4. The van der Waals surface area contributed by atoms with Crippen molar-refractivity contribution in [2.45, 2.75) is 33.2 Å². The summed E-state index contributed by atoms with van der Waals surface area (Å²) in [5.74, 6) is 7.68. The lowest BCUT2D eigenvalue weighted by Crippen LogP contribution is -2.14. The molecule has 2 aromatic rings. The zero-order valence-electron chi connectivity index (χ0n) is 11.7. The van der Waals surface area contributed by atoms with Crippen molar-refractivity contribution in [3.8, 4) is 0 Å². The fraction of sp³-hybridized carbons (Fsp3) is 0.385. The first kappa shape index (κ1) is 14.1. The second-order valence-corrected chi connectivity index (χ2v) is 4.39. The molecule has 0 radical (unpaired) electrons. The highest BCUT2D eigenvalue weighted by Gasteiger charge is 2.09. The highest BCUT2D eigenvalue weighted by Crippen LogP contribution is 2.21. The molecule has 0 aromatic carbocycles. The molecule has 0 atom stereocenters. The lowest BCUT2D eigenvalue weighted by atomic mass is 10.1. The minimum Gasteiger partial charge on any atom is -0.364 e. The number of anilines is 2. The molecule has 0 spiro atoms. The molecule has 0 aliphatic heterocycles. The van der Waals surface area contributed by atoms with Crippen LogP contribution in [0.15, 0.2) is 18.6 Å². The first-order chi connectivity index (χ1) is 9.74. The van der Waals surface area contributed by atoms with Crippen molar-refractivity contribution < 1.29 is 0 Å². The standard InChI is InChI=1S/C13H19N7/c1-3-4-11-12(17-8-18-13(11)20-14)16-7-10-5-6-15-9(2)19-10/h5-6,8H,3-4,7,14H2,1-2H3,(H2,16,17,18,20). The van der Waals surface area contributed by atoms with E-state index in [9.17, 15) is 0 Å². The maximum absolute atomic E-state index is 5.49. The molecular weight excluding hydrogens is 254 g/mol. The lowest BCUT2D eigenvalue weighted by Gasteiger charge is -2.13. The van der Waals surface area contributed by atoms with Gasteiger partial charge in [-0.3, -0.25) is 0 Å². The average Bonchev–Trinajstić information content (AvgIpc) is 2.46. The molecule has 0 unspecified atom stereocenters. The van der Waals surface area contributed by atoms with Crippen LogP contribution >= 0.6 is 0 Å². The molecule has 0 fully saturated rings. The average molecular weight is 273 g/mol. The summed E-state index contributed by atoms with van der Waals surface area (Å²) in [5.41, 5.74) is 4.52. The van der Waals surface area contributed by atoms with Crippen LogP contribution in [0.2, 0.25) is 0 Å². The van der Waals surface area contributed by atoms with Gasteiger partial charge in [0.15, 0.2) is 0 Å². The van der Waals surface area contributed by atoms with Crippen LogP contribution in [0.3, 0.4) is 0 Å². The van der Waals surface area contributed by atoms with Gasteiger partial charge in [-0.1, -0.05) is 13.3 Å². The van der Waals surface area contributed by atoms with E-state index in [1.165, 1.54) is 6.33 Å². The van der Waals surface area contributed by atoms with Gasteiger partial charge >= 0.3 is 0 Å². The summed E-state index contributed by atoms with van der Waals surface area (Å²) in [6, 6.07) is 1.88. The van der Waals surface area contributed by atoms with Crippen LogP contribution in [0.5, 0.6) is 0 Å². The first-order valence-electron chi connectivity index (χ1n) is 6.57. The summed E-state index contributed by atoms with van der Waals surface area (Å²) in [6.07, 6.45) is 5.08. The molecule has 0 saturated heterocycles. The minimum absolute atomic E-state index is 0.584. The topological polar surface area (TPSA) is 102 Å². The Hall–Kier alpha value is -2.28. The van der Waals surface area contributed by atoms with Crippen LogP contribution in [0.1, 0.15) is 30.4 Å². The van der Waals surface area contributed by atoms with Gasteiger partial charge in [-0.2, -0.15) is 0 Å². The van der Waals surface area contributed by atoms with Crippen molar-refractivity contribution in [3.63, 3.8) is 0 Å². The van der Waals surface area contributed by atoms with E-state index < -0.39 is 0 Å². The monoisotopic (exact) mass is 273 g/mol. The van der Waals surface area contributed by atoms with Crippen molar-refractivity contribution in [2.24, 2.45) is 5.84 Å². The van der Waals surface area contributed by atoms with Gasteiger partial charge in [-0.05, 0) is 19.4 Å². The van der Waals surface area contributed by atoms with Crippen LogP contribution in [-0.4, -0.2) is 19.9 Å². The maximum atomic E-state index is 5.49. The molecule has 7 nitrogen and oxygen atoms in total. The van der Waals surface area contributed by atoms with Crippen molar-refractivity contribution in [1.82, 2.24) is 19.9 Å². The van der Waals surface area contributed by atoms with Gasteiger partial charge in [-0.15, -0.1) is 0 Å². The zero-order valence-corrected chi connectivity index (χ0v) is 11.7. The quantitative estimate of drug-likeness (QED) is 0.540. The van der Waals surface area contributed by atoms with Gasteiger partial charge in [0, 0.05) is 11.8 Å². The largest absolute Gasteiger partial charge is 0.364 e. The summed E-state index contributed by atoms with van der Waals surface area (Å²) >= 11 is 0. The SMILES string of the molecule is CCCc1c(NN)ncnc1NCc1ccnc(C)n1. The van der Waals surface area contributed by atoms with Crippen LogP contribution in [0, 0.1) is 6.92 Å². The van der Waals surface area contributed by atoms with Crippen LogP contribution < -0.4 is 16.6 Å². The summed E-state index contributed by atoms with van der Waals surface area (Å²) < 4.78 is 0. The minimum atomic E-state index is 0.584. The number of hydrazine groups is 1.